The number of nitrogens with zero attached hydrogens (tertiary/aromatic N) is 5. The molecule has 10 heteroatoms. The first-order valence-corrected chi connectivity index (χ1v) is 10.2. The second-order valence-corrected chi connectivity index (χ2v) is 7.77. The van der Waals surface area contributed by atoms with Gasteiger partial charge in [0.1, 0.15) is 23.2 Å². The molecule has 7 nitrogen and oxygen atoms in total. The minimum Gasteiger partial charge on any atom is -0.338 e. The third kappa shape index (κ3) is 3.67. The van der Waals surface area contributed by atoms with E-state index in [1.165, 1.54) is 10.7 Å². The summed E-state index contributed by atoms with van der Waals surface area (Å²) in [7, 11) is 1.67. The molecule has 3 heterocycles. The number of halogens is 2. The van der Waals surface area contributed by atoms with Crippen LogP contribution >= 0.6 is 12.2 Å². The Balaban J connectivity index is 1.55. The van der Waals surface area contributed by atoms with E-state index in [4.69, 9.17) is 12.2 Å². The van der Waals surface area contributed by atoms with E-state index in [1.807, 2.05) is 11.5 Å². The number of benzene rings is 1. The van der Waals surface area contributed by atoms with Gasteiger partial charge in [-0.1, -0.05) is 0 Å². The highest BCUT2D eigenvalue weighted by Crippen LogP contribution is 2.30. The maximum absolute atomic E-state index is 14.3. The van der Waals surface area contributed by atoms with E-state index in [0.29, 0.717) is 23.4 Å². The fourth-order valence-electron chi connectivity index (χ4n) is 3.98. The van der Waals surface area contributed by atoms with Gasteiger partial charge >= 0.3 is 0 Å². The van der Waals surface area contributed by atoms with Crippen molar-refractivity contribution in [2.24, 2.45) is 7.05 Å². The first kappa shape index (κ1) is 20.4. The van der Waals surface area contributed by atoms with Crippen molar-refractivity contribution in [3.63, 3.8) is 0 Å². The zero-order valence-electron chi connectivity index (χ0n) is 16.7. The van der Waals surface area contributed by atoms with Gasteiger partial charge in [-0.2, -0.15) is 10.2 Å². The lowest BCUT2D eigenvalue weighted by Gasteiger charge is -2.31. The van der Waals surface area contributed by atoms with Crippen molar-refractivity contribution in [3.8, 4) is 11.3 Å². The minimum atomic E-state index is -0.746. The van der Waals surface area contributed by atoms with Gasteiger partial charge in [-0.15, -0.1) is 0 Å². The smallest absolute Gasteiger partial charge is 0.257 e. The second kappa shape index (κ2) is 8.10. The van der Waals surface area contributed by atoms with Crippen molar-refractivity contribution in [3.05, 3.63) is 52.2 Å². The molecule has 1 amide bonds. The van der Waals surface area contributed by atoms with Crippen LogP contribution in [-0.4, -0.2) is 48.4 Å². The number of piperidine rings is 1. The Morgan fingerprint density at radius 2 is 2.03 bits per heavy atom. The van der Waals surface area contributed by atoms with Gasteiger partial charge in [0.15, 0.2) is 4.77 Å². The van der Waals surface area contributed by atoms with E-state index in [-0.39, 0.29) is 23.1 Å². The van der Waals surface area contributed by atoms with Gasteiger partial charge in [0.2, 0.25) is 0 Å². The van der Waals surface area contributed by atoms with Crippen molar-refractivity contribution in [2.75, 3.05) is 13.1 Å². The van der Waals surface area contributed by atoms with Gasteiger partial charge < -0.3 is 9.47 Å². The molecule has 0 spiro atoms. The standard InChI is InChI=1S/C20H22F2N6OS/c1-3-28-18(23-24-20(28)30)12-6-8-27(9-7-12)19(29)15-11-26(2)25-17(15)14-5-4-13(21)10-16(14)22/h4-5,10-12H,3,6-9H2,1-2H3,(H,24,30). The van der Waals surface area contributed by atoms with Crippen molar-refractivity contribution < 1.29 is 13.6 Å². The fourth-order valence-corrected chi connectivity index (χ4v) is 4.25. The van der Waals surface area contributed by atoms with Crippen molar-refractivity contribution in [1.82, 2.24) is 29.4 Å². The van der Waals surface area contributed by atoms with Crippen LogP contribution in [0.4, 0.5) is 8.78 Å². The molecule has 30 heavy (non-hydrogen) atoms. The SMILES string of the molecule is CCn1c(C2CCN(C(=O)c3cn(C)nc3-c3ccc(F)cc3F)CC2)n[nH]c1=S. The van der Waals surface area contributed by atoms with E-state index in [0.717, 1.165) is 37.3 Å². The van der Waals surface area contributed by atoms with Crippen LogP contribution in [0.15, 0.2) is 24.4 Å². The third-order valence-electron chi connectivity index (χ3n) is 5.50. The highest BCUT2D eigenvalue weighted by molar-refractivity contribution is 7.71. The molecule has 0 atom stereocenters. The topological polar surface area (TPSA) is 71.7 Å². The number of carbonyl (C=O) groups excluding carboxylic acids is 1. The zero-order valence-corrected chi connectivity index (χ0v) is 17.5. The first-order chi connectivity index (χ1) is 14.4. The third-order valence-corrected chi connectivity index (χ3v) is 5.81. The Bertz CT molecular complexity index is 1140. The van der Waals surface area contributed by atoms with Crippen molar-refractivity contribution >= 4 is 18.1 Å². The molecule has 4 rings (SSSR count). The minimum absolute atomic E-state index is 0.105. The van der Waals surface area contributed by atoms with Gasteiger partial charge in [-0.05, 0) is 44.1 Å². The van der Waals surface area contributed by atoms with E-state index >= 15 is 0 Å². The highest BCUT2D eigenvalue weighted by Gasteiger charge is 2.30. The number of hydrogen-bond donors (Lipinski definition) is 1. The Labute approximate surface area is 177 Å². The van der Waals surface area contributed by atoms with Crippen LogP contribution in [0.25, 0.3) is 11.3 Å². The number of aromatic amines is 1. The molecule has 0 unspecified atom stereocenters. The number of rotatable bonds is 4. The molecule has 1 N–H and O–H groups in total. The molecular weight excluding hydrogens is 410 g/mol. The number of nitrogens with one attached hydrogen (secondary N) is 1. The summed E-state index contributed by atoms with van der Waals surface area (Å²) in [6.07, 6.45) is 3.09. The van der Waals surface area contributed by atoms with Gasteiger partial charge in [0.05, 0.1) is 5.56 Å². The second-order valence-electron chi connectivity index (χ2n) is 7.39. The fraction of sp³-hybridized carbons (Fsp3) is 0.400. The molecule has 1 aliphatic heterocycles. The maximum Gasteiger partial charge on any atom is 0.257 e. The quantitative estimate of drug-likeness (QED) is 0.639. The summed E-state index contributed by atoms with van der Waals surface area (Å²) < 4.78 is 31.7. The Morgan fingerprint density at radius 3 is 2.70 bits per heavy atom. The summed E-state index contributed by atoms with van der Waals surface area (Å²) in [6, 6.07) is 3.26. The summed E-state index contributed by atoms with van der Waals surface area (Å²) in [6.45, 7) is 3.86. The average molecular weight is 433 g/mol. The van der Waals surface area contributed by atoms with Crippen molar-refractivity contribution in [2.45, 2.75) is 32.2 Å². The highest BCUT2D eigenvalue weighted by atomic mass is 32.1. The summed E-state index contributed by atoms with van der Waals surface area (Å²) in [5, 5.41) is 11.5. The molecule has 0 radical (unpaired) electrons. The number of carbonyl (C=O) groups is 1. The van der Waals surface area contributed by atoms with Crippen LogP contribution in [0.1, 0.15) is 41.9 Å². The molecule has 1 saturated heterocycles. The number of amides is 1. The molecule has 1 fully saturated rings. The lowest BCUT2D eigenvalue weighted by Crippen LogP contribution is -2.38. The van der Waals surface area contributed by atoms with Gasteiger partial charge in [0, 0.05) is 50.4 Å². The van der Waals surface area contributed by atoms with Crippen LogP contribution in [0.5, 0.6) is 0 Å². The number of hydrogen-bond acceptors (Lipinski definition) is 4. The molecule has 0 bridgehead atoms. The predicted molar refractivity (Wildman–Crippen MR) is 110 cm³/mol. The predicted octanol–water partition coefficient (Wildman–Crippen LogP) is 3.66. The van der Waals surface area contributed by atoms with Crippen LogP contribution in [-0.2, 0) is 13.6 Å². The normalized spacial score (nSPS) is 15.0. The van der Waals surface area contributed by atoms with Crippen molar-refractivity contribution in [1.29, 1.82) is 0 Å². The lowest BCUT2D eigenvalue weighted by atomic mass is 9.95. The van der Waals surface area contributed by atoms with Gasteiger partial charge in [-0.3, -0.25) is 14.6 Å². The number of aryl methyl sites for hydroxylation is 1. The van der Waals surface area contributed by atoms with Gasteiger partial charge in [-0.25, -0.2) is 8.78 Å². The molecule has 158 valence electrons. The number of aromatic nitrogens is 5. The van der Waals surface area contributed by atoms with Crippen LogP contribution in [0, 0.1) is 16.4 Å². The Hall–Kier alpha value is -2.88. The Morgan fingerprint density at radius 1 is 1.30 bits per heavy atom. The lowest BCUT2D eigenvalue weighted by molar-refractivity contribution is 0.0711. The van der Waals surface area contributed by atoms with Crippen LogP contribution in [0.2, 0.25) is 0 Å². The molecule has 3 aromatic rings. The summed E-state index contributed by atoms with van der Waals surface area (Å²) in [4.78, 5) is 14.9. The first-order valence-electron chi connectivity index (χ1n) is 9.82. The maximum atomic E-state index is 14.3. The summed E-state index contributed by atoms with van der Waals surface area (Å²) in [5.74, 6) is -0.500. The Kier molecular flexibility index (Phi) is 5.50. The monoisotopic (exact) mass is 432 g/mol. The average Bonchev–Trinajstić information content (AvgIpc) is 3.29. The molecular formula is C20H22F2N6OS. The molecule has 1 aromatic carbocycles. The molecule has 1 aliphatic rings. The van der Waals surface area contributed by atoms with E-state index in [9.17, 15) is 13.6 Å². The molecule has 2 aromatic heterocycles. The number of H-pyrrole nitrogens is 1. The summed E-state index contributed by atoms with van der Waals surface area (Å²) >= 11 is 5.27. The van der Waals surface area contributed by atoms with Crippen LogP contribution < -0.4 is 0 Å². The van der Waals surface area contributed by atoms with Gasteiger partial charge in [0.25, 0.3) is 5.91 Å². The zero-order chi connectivity index (χ0) is 21.4. The van der Waals surface area contributed by atoms with Crippen LogP contribution in [0.3, 0.4) is 0 Å². The molecule has 0 aliphatic carbocycles. The summed E-state index contributed by atoms with van der Waals surface area (Å²) in [5.41, 5.74) is 0.625. The number of likely N-dealkylation sites (tertiary alicyclic amines) is 1. The largest absolute Gasteiger partial charge is 0.338 e. The van der Waals surface area contributed by atoms with E-state index < -0.39 is 11.6 Å². The van der Waals surface area contributed by atoms with E-state index in [1.54, 1.807) is 18.1 Å². The molecule has 0 saturated carbocycles. The van der Waals surface area contributed by atoms with E-state index in [2.05, 4.69) is 15.3 Å².